The minimum Gasteiger partial charge on any atom is -0.460 e. The highest BCUT2D eigenvalue weighted by Crippen LogP contribution is 2.47. The Kier molecular flexibility index (Phi) is 7.17. The molecule has 4 heterocycles. The van der Waals surface area contributed by atoms with Crippen molar-refractivity contribution in [1.29, 1.82) is 0 Å². The molecule has 12 rings (SSSR count). The molecule has 4 aromatic heterocycles. The van der Waals surface area contributed by atoms with Gasteiger partial charge < -0.3 is 13.4 Å². The summed E-state index contributed by atoms with van der Waals surface area (Å²) in [4.78, 5) is 15.1. The number of hydrogen-bond donors (Lipinski definition) is 0. The second-order valence-corrected chi connectivity index (χ2v) is 15.2. The highest BCUT2D eigenvalue weighted by Gasteiger charge is 2.31. The summed E-state index contributed by atoms with van der Waals surface area (Å²) in [6.45, 7) is 2.28. The van der Waals surface area contributed by atoms with Crippen LogP contribution in [0.1, 0.15) is 29.7 Å². The molecule has 274 valence electrons. The van der Waals surface area contributed by atoms with E-state index in [1.54, 1.807) is 0 Å². The van der Waals surface area contributed by atoms with Crippen molar-refractivity contribution in [3.63, 3.8) is 0 Å². The average Bonchev–Trinajstić information content (AvgIpc) is 3.94. The summed E-state index contributed by atoms with van der Waals surface area (Å²) in [6.07, 6.45) is 4.54. The van der Waals surface area contributed by atoms with E-state index in [1.807, 2.05) is 72.8 Å². The van der Waals surface area contributed by atoms with E-state index in [0.29, 0.717) is 17.5 Å². The fourth-order valence-corrected chi connectivity index (χ4v) is 9.06. The van der Waals surface area contributed by atoms with E-state index in [9.17, 15) is 0 Å². The summed E-state index contributed by atoms with van der Waals surface area (Å²) in [6, 6.07) is 56.7. The van der Waals surface area contributed by atoms with E-state index in [1.165, 1.54) is 27.4 Å². The Bertz CT molecular complexity index is 3360. The van der Waals surface area contributed by atoms with E-state index in [2.05, 4.69) is 115 Å². The molecule has 2 unspecified atom stereocenters. The molecule has 11 aromatic rings. The molecule has 58 heavy (non-hydrogen) atoms. The highest BCUT2D eigenvalue weighted by atomic mass is 16.3. The van der Waals surface area contributed by atoms with Crippen molar-refractivity contribution in [3.05, 3.63) is 187 Å². The van der Waals surface area contributed by atoms with Gasteiger partial charge in [0.25, 0.3) is 0 Å². The minimum atomic E-state index is 0.0238. The van der Waals surface area contributed by atoms with Gasteiger partial charge in [-0.2, -0.15) is 0 Å². The van der Waals surface area contributed by atoms with Gasteiger partial charge in [0.2, 0.25) is 0 Å². The molecule has 0 radical (unpaired) electrons. The van der Waals surface area contributed by atoms with Crippen molar-refractivity contribution in [1.82, 2.24) is 19.5 Å². The van der Waals surface area contributed by atoms with E-state index in [0.717, 1.165) is 66.6 Å². The molecule has 0 fully saturated rings. The molecule has 0 saturated heterocycles. The molecule has 0 amide bonds. The number of benzene rings is 7. The molecule has 2 atom stereocenters. The van der Waals surface area contributed by atoms with Crippen LogP contribution in [0.5, 0.6) is 0 Å². The first kappa shape index (κ1) is 32.7. The van der Waals surface area contributed by atoms with Crippen LogP contribution < -0.4 is 0 Å². The van der Waals surface area contributed by atoms with Crippen LogP contribution in [0, 0.1) is 5.92 Å². The van der Waals surface area contributed by atoms with Gasteiger partial charge in [0.05, 0.1) is 11.0 Å². The monoisotopic (exact) mass is 746 g/mol. The zero-order valence-electron chi connectivity index (χ0n) is 31.5. The van der Waals surface area contributed by atoms with Crippen LogP contribution in [-0.2, 0) is 0 Å². The summed E-state index contributed by atoms with van der Waals surface area (Å²) >= 11 is 0. The Morgan fingerprint density at radius 2 is 1.14 bits per heavy atom. The van der Waals surface area contributed by atoms with Crippen LogP contribution in [0.25, 0.3) is 101 Å². The van der Waals surface area contributed by atoms with E-state index < -0.39 is 0 Å². The molecular formula is C52H34N4O2. The Morgan fingerprint density at radius 3 is 1.90 bits per heavy atom. The normalized spacial score (nSPS) is 15.3. The zero-order chi connectivity index (χ0) is 38.3. The SMILES string of the molecule is CC1C=Cc2c(oc3cc4c(cc23)oc2cccc(-c3nc(-c5ccccc5)nc(-c5ccccc5)n3)c24)C1c1ccc2c3ccccc3n(-c3ccccc3)c2c1. The van der Waals surface area contributed by atoms with Gasteiger partial charge in [-0.15, -0.1) is 0 Å². The Labute approximate surface area is 333 Å². The molecule has 6 heteroatoms. The molecule has 7 aromatic carbocycles. The predicted octanol–water partition coefficient (Wildman–Crippen LogP) is 13.4. The third-order valence-electron chi connectivity index (χ3n) is 11.8. The molecule has 0 aliphatic heterocycles. The maximum absolute atomic E-state index is 7.00. The van der Waals surface area contributed by atoms with Crippen LogP contribution in [0.3, 0.4) is 0 Å². The number of furan rings is 2. The number of allylic oxidation sites excluding steroid dienone is 1. The lowest BCUT2D eigenvalue weighted by Gasteiger charge is -2.24. The van der Waals surface area contributed by atoms with Crippen molar-refractivity contribution in [2.24, 2.45) is 5.92 Å². The lowest BCUT2D eigenvalue weighted by atomic mass is 9.79. The smallest absolute Gasteiger partial charge is 0.164 e. The molecule has 0 saturated carbocycles. The summed E-state index contributed by atoms with van der Waals surface area (Å²) in [5.41, 5.74) is 10.9. The van der Waals surface area contributed by atoms with E-state index >= 15 is 0 Å². The van der Waals surface area contributed by atoms with Gasteiger partial charge >= 0.3 is 0 Å². The van der Waals surface area contributed by atoms with Crippen molar-refractivity contribution in [3.8, 4) is 39.9 Å². The maximum Gasteiger partial charge on any atom is 0.164 e. The first-order valence-electron chi connectivity index (χ1n) is 19.7. The zero-order valence-corrected chi connectivity index (χ0v) is 31.5. The van der Waals surface area contributed by atoms with Crippen molar-refractivity contribution >= 4 is 60.8 Å². The van der Waals surface area contributed by atoms with Crippen molar-refractivity contribution in [2.75, 3.05) is 0 Å². The van der Waals surface area contributed by atoms with Gasteiger partial charge in [-0.05, 0) is 53.9 Å². The standard InChI is InChI=1S/C52H34N4O2/c1-31-24-26-38-40-29-46-41(48-39(21-13-23-44(48)57-46)52-54-50(32-14-5-2-6-15-32)53-51(55-52)33-16-7-3-8-17-33)30-45(40)58-49(38)47(31)34-25-27-37-36-20-11-12-22-42(36)56(43(37)28-34)35-18-9-4-10-19-35/h2-31,47H,1H3. The number of nitrogens with zero attached hydrogens (tertiary/aromatic N) is 4. The fraction of sp³-hybridized carbons (Fsp3) is 0.0577. The summed E-state index contributed by atoms with van der Waals surface area (Å²) < 4.78 is 16.0. The Balaban J connectivity index is 1.03. The van der Waals surface area contributed by atoms with Crippen LogP contribution in [-0.4, -0.2) is 19.5 Å². The molecule has 1 aliphatic carbocycles. The third kappa shape index (κ3) is 5.01. The van der Waals surface area contributed by atoms with Crippen molar-refractivity contribution < 1.29 is 8.83 Å². The quantitative estimate of drug-likeness (QED) is 0.175. The summed E-state index contributed by atoms with van der Waals surface area (Å²) in [7, 11) is 0. The largest absolute Gasteiger partial charge is 0.460 e. The lowest BCUT2D eigenvalue weighted by molar-refractivity contribution is 0.469. The van der Waals surface area contributed by atoms with Gasteiger partial charge in [-0.3, -0.25) is 0 Å². The lowest BCUT2D eigenvalue weighted by Crippen LogP contribution is -2.13. The van der Waals surface area contributed by atoms with Gasteiger partial charge in [-0.25, -0.2) is 15.0 Å². The van der Waals surface area contributed by atoms with Gasteiger partial charge in [0, 0.05) is 60.8 Å². The number of aromatic nitrogens is 4. The van der Waals surface area contributed by atoms with Crippen LogP contribution in [0.4, 0.5) is 0 Å². The second-order valence-electron chi connectivity index (χ2n) is 15.2. The minimum absolute atomic E-state index is 0.0238. The van der Waals surface area contributed by atoms with Gasteiger partial charge in [0.1, 0.15) is 22.5 Å². The van der Waals surface area contributed by atoms with Gasteiger partial charge in [0.15, 0.2) is 17.5 Å². The predicted molar refractivity (Wildman–Crippen MR) is 234 cm³/mol. The average molecular weight is 747 g/mol. The van der Waals surface area contributed by atoms with E-state index in [-0.39, 0.29) is 11.8 Å². The van der Waals surface area contributed by atoms with Crippen LogP contribution >= 0.6 is 0 Å². The number of fused-ring (bicyclic) bond motifs is 9. The number of rotatable bonds is 5. The third-order valence-corrected chi connectivity index (χ3v) is 11.8. The number of para-hydroxylation sites is 2. The Hall–Kier alpha value is -7.57. The highest BCUT2D eigenvalue weighted by molar-refractivity contribution is 6.15. The molecule has 0 N–H and O–H groups in total. The molecule has 0 spiro atoms. The fourth-order valence-electron chi connectivity index (χ4n) is 9.06. The summed E-state index contributed by atoms with van der Waals surface area (Å²) in [5, 5.41) is 5.41. The molecule has 1 aliphatic rings. The molecule has 0 bridgehead atoms. The number of hydrogen-bond acceptors (Lipinski definition) is 5. The maximum atomic E-state index is 7.00. The first-order chi connectivity index (χ1) is 28.7. The first-order valence-corrected chi connectivity index (χ1v) is 19.7. The van der Waals surface area contributed by atoms with Crippen LogP contribution in [0.15, 0.2) is 179 Å². The Morgan fingerprint density at radius 1 is 0.500 bits per heavy atom. The topological polar surface area (TPSA) is 69.9 Å². The van der Waals surface area contributed by atoms with Gasteiger partial charge in [-0.1, -0.05) is 140 Å². The molecule has 6 nitrogen and oxygen atoms in total. The van der Waals surface area contributed by atoms with Crippen molar-refractivity contribution in [2.45, 2.75) is 12.8 Å². The second kappa shape index (κ2) is 12.7. The summed E-state index contributed by atoms with van der Waals surface area (Å²) in [5.74, 6) is 3.03. The van der Waals surface area contributed by atoms with E-state index in [4.69, 9.17) is 23.8 Å². The van der Waals surface area contributed by atoms with Crippen LogP contribution in [0.2, 0.25) is 0 Å². The molecular weight excluding hydrogens is 713 g/mol.